The molecule has 0 aliphatic rings. The minimum absolute atomic E-state index is 0.197. The number of aryl methyl sites for hydroxylation is 1. The number of primary amides is 1. The number of nitrogens with zero attached hydrogens (tertiary/aromatic N) is 1. The SMILES string of the molecule is Cc1cc(C(N)=O)cn1S(C)(=O)=O. The van der Waals surface area contributed by atoms with Crippen LogP contribution >= 0.6 is 0 Å². The Morgan fingerprint density at radius 1 is 1.54 bits per heavy atom. The van der Waals surface area contributed by atoms with Crippen molar-refractivity contribution >= 4 is 15.9 Å². The summed E-state index contributed by atoms with van der Waals surface area (Å²) in [5.41, 5.74) is 5.66. The summed E-state index contributed by atoms with van der Waals surface area (Å²) in [4.78, 5) is 10.7. The van der Waals surface area contributed by atoms with Crippen LogP contribution in [0, 0.1) is 6.92 Å². The second-order valence-corrected chi connectivity index (χ2v) is 4.65. The van der Waals surface area contributed by atoms with E-state index in [1.807, 2.05) is 0 Å². The van der Waals surface area contributed by atoms with Crippen LogP contribution in [0.25, 0.3) is 0 Å². The van der Waals surface area contributed by atoms with Crippen molar-refractivity contribution in [2.45, 2.75) is 6.92 Å². The van der Waals surface area contributed by atoms with Gasteiger partial charge in [-0.3, -0.25) is 4.79 Å². The molecule has 0 saturated carbocycles. The molecule has 1 aromatic rings. The molecule has 1 heterocycles. The molecule has 0 spiro atoms. The van der Waals surface area contributed by atoms with Crippen LogP contribution in [0.1, 0.15) is 16.1 Å². The predicted molar refractivity (Wildman–Crippen MR) is 47.9 cm³/mol. The number of hydrogen-bond acceptors (Lipinski definition) is 3. The molecular formula is C7H10N2O3S. The number of nitrogens with two attached hydrogens (primary N) is 1. The molecule has 5 nitrogen and oxygen atoms in total. The van der Waals surface area contributed by atoms with Gasteiger partial charge in [0.1, 0.15) is 0 Å². The van der Waals surface area contributed by atoms with E-state index >= 15 is 0 Å². The van der Waals surface area contributed by atoms with Crippen LogP contribution in [0.3, 0.4) is 0 Å². The summed E-state index contributed by atoms with van der Waals surface area (Å²) < 4.78 is 23.2. The van der Waals surface area contributed by atoms with Crippen molar-refractivity contribution in [1.82, 2.24) is 3.97 Å². The summed E-state index contributed by atoms with van der Waals surface area (Å²) in [6.07, 6.45) is 2.28. The third-order valence-corrected chi connectivity index (χ3v) is 2.72. The molecular weight excluding hydrogens is 192 g/mol. The van der Waals surface area contributed by atoms with E-state index < -0.39 is 15.9 Å². The smallest absolute Gasteiger partial charge is 0.250 e. The summed E-state index contributed by atoms with van der Waals surface area (Å²) in [7, 11) is -3.34. The largest absolute Gasteiger partial charge is 0.366 e. The molecule has 0 bridgehead atoms. The molecule has 0 aliphatic carbocycles. The van der Waals surface area contributed by atoms with Gasteiger partial charge in [-0.25, -0.2) is 12.4 Å². The van der Waals surface area contributed by atoms with E-state index in [0.29, 0.717) is 5.69 Å². The quantitative estimate of drug-likeness (QED) is 0.715. The van der Waals surface area contributed by atoms with Crippen molar-refractivity contribution in [3.8, 4) is 0 Å². The minimum Gasteiger partial charge on any atom is -0.366 e. The Hall–Kier alpha value is -1.30. The number of rotatable bonds is 2. The van der Waals surface area contributed by atoms with Crippen LogP contribution in [-0.4, -0.2) is 24.6 Å². The maximum atomic E-state index is 11.1. The third kappa shape index (κ3) is 1.89. The summed E-state index contributed by atoms with van der Waals surface area (Å²) in [6.45, 7) is 1.59. The van der Waals surface area contributed by atoms with Crippen LogP contribution in [-0.2, 0) is 10.0 Å². The van der Waals surface area contributed by atoms with E-state index in [0.717, 1.165) is 10.2 Å². The van der Waals surface area contributed by atoms with Gasteiger partial charge < -0.3 is 5.73 Å². The second kappa shape index (κ2) is 2.88. The van der Waals surface area contributed by atoms with Crippen molar-refractivity contribution in [2.24, 2.45) is 5.73 Å². The first-order valence-corrected chi connectivity index (χ1v) is 5.36. The summed E-state index contributed by atoms with van der Waals surface area (Å²) >= 11 is 0. The fourth-order valence-corrected chi connectivity index (χ4v) is 1.93. The Morgan fingerprint density at radius 3 is 2.31 bits per heavy atom. The third-order valence-electron chi connectivity index (χ3n) is 1.61. The van der Waals surface area contributed by atoms with Crippen molar-refractivity contribution in [3.63, 3.8) is 0 Å². The maximum Gasteiger partial charge on any atom is 0.250 e. The van der Waals surface area contributed by atoms with Crippen LogP contribution in [0.4, 0.5) is 0 Å². The molecule has 0 fully saturated rings. The zero-order valence-electron chi connectivity index (χ0n) is 7.31. The Labute approximate surface area is 76.2 Å². The average Bonchev–Trinajstić information content (AvgIpc) is 2.29. The molecule has 0 saturated heterocycles. The Morgan fingerprint density at radius 2 is 2.08 bits per heavy atom. The molecule has 0 aliphatic heterocycles. The molecule has 72 valence electrons. The van der Waals surface area contributed by atoms with Crippen LogP contribution < -0.4 is 5.73 Å². The van der Waals surface area contributed by atoms with Gasteiger partial charge >= 0.3 is 0 Å². The fourth-order valence-electron chi connectivity index (χ4n) is 1.05. The molecule has 1 aromatic heterocycles. The molecule has 0 aromatic carbocycles. The zero-order chi connectivity index (χ0) is 10.2. The highest BCUT2D eigenvalue weighted by atomic mass is 32.2. The molecule has 13 heavy (non-hydrogen) atoms. The first-order chi connectivity index (χ1) is 5.82. The van der Waals surface area contributed by atoms with Gasteiger partial charge in [-0.15, -0.1) is 0 Å². The molecule has 1 amide bonds. The Bertz CT molecular complexity index is 444. The molecule has 0 unspecified atom stereocenters. The van der Waals surface area contributed by atoms with Crippen molar-refractivity contribution in [3.05, 3.63) is 23.5 Å². The van der Waals surface area contributed by atoms with E-state index in [1.54, 1.807) is 6.92 Å². The second-order valence-electron chi connectivity index (χ2n) is 2.79. The molecule has 0 radical (unpaired) electrons. The van der Waals surface area contributed by atoms with Gasteiger partial charge in [0.05, 0.1) is 11.8 Å². The van der Waals surface area contributed by atoms with Crippen molar-refractivity contribution in [2.75, 3.05) is 6.26 Å². The normalized spacial score (nSPS) is 11.5. The lowest BCUT2D eigenvalue weighted by Crippen LogP contribution is -2.12. The van der Waals surface area contributed by atoms with Gasteiger partial charge in [0, 0.05) is 11.9 Å². The molecule has 2 N–H and O–H groups in total. The topological polar surface area (TPSA) is 82.2 Å². The number of amides is 1. The summed E-state index contributed by atoms with van der Waals surface area (Å²) in [5, 5.41) is 0. The number of carbonyl (C=O) groups is 1. The van der Waals surface area contributed by atoms with Crippen molar-refractivity contribution in [1.29, 1.82) is 0 Å². The first-order valence-electron chi connectivity index (χ1n) is 3.51. The number of carbonyl (C=O) groups excluding carboxylic acids is 1. The lowest BCUT2D eigenvalue weighted by atomic mass is 10.3. The van der Waals surface area contributed by atoms with E-state index in [2.05, 4.69) is 0 Å². The first kappa shape index (κ1) is 9.79. The molecule has 1 rings (SSSR count). The number of aromatic nitrogens is 1. The summed E-state index contributed by atoms with van der Waals surface area (Å²) in [5.74, 6) is -0.634. The molecule has 0 atom stereocenters. The Kier molecular flexibility index (Phi) is 2.17. The lowest BCUT2D eigenvalue weighted by Gasteiger charge is -2.00. The van der Waals surface area contributed by atoms with E-state index in [4.69, 9.17) is 5.73 Å². The van der Waals surface area contributed by atoms with Crippen LogP contribution in [0.2, 0.25) is 0 Å². The van der Waals surface area contributed by atoms with Gasteiger partial charge in [-0.2, -0.15) is 0 Å². The van der Waals surface area contributed by atoms with Gasteiger partial charge in [-0.1, -0.05) is 0 Å². The van der Waals surface area contributed by atoms with E-state index in [9.17, 15) is 13.2 Å². The molecule has 6 heteroatoms. The van der Waals surface area contributed by atoms with Crippen LogP contribution in [0.15, 0.2) is 12.3 Å². The van der Waals surface area contributed by atoms with Gasteiger partial charge in [-0.05, 0) is 13.0 Å². The fraction of sp³-hybridized carbons (Fsp3) is 0.286. The highest BCUT2D eigenvalue weighted by Gasteiger charge is 2.12. The van der Waals surface area contributed by atoms with E-state index in [1.165, 1.54) is 12.3 Å². The number of hydrogen-bond donors (Lipinski definition) is 1. The monoisotopic (exact) mass is 202 g/mol. The zero-order valence-corrected chi connectivity index (χ0v) is 8.13. The average molecular weight is 202 g/mol. The Balaban J connectivity index is 3.35. The van der Waals surface area contributed by atoms with Gasteiger partial charge in [0.25, 0.3) is 0 Å². The van der Waals surface area contributed by atoms with Crippen molar-refractivity contribution < 1.29 is 13.2 Å². The maximum absolute atomic E-state index is 11.1. The predicted octanol–water partition coefficient (Wildman–Crippen LogP) is -0.297. The summed E-state index contributed by atoms with van der Waals surface area (Å²) in [6, 6.07) is 1.43. The standard InChI is InChI=1S/C7H10N2O3S/c1-5-3-6(7(8)10)4-9(5)13(2,11)12/h3-4H,1-2H3,(H2,8,10). The van der Waals surface area contributed by atoms with Crippen LogP contribution in [0.5, 0.6) is 0 Å². The van der Waals surface area contributed by atoms with E-state index in [-0.39, 0.29) is 5.56 Å². The highest BCUT2D eigenvalue weighted by molar-refractivity contribution is 7.89. The van der Waals surface area contributed by atoms with Gasteiger partial charge in [0.15, 0.2) is 0 Å². The highest BCUT2D eigenvalue weighted by Crippen LogP contribution is 2.09. The lowest BCUT2D eigenvalue weighted by molar-refractivity contribution is 0.100. The van der Waals surface area contributed by atoms with Gasteiger partial charge in [0.2, 0.25) is 15.9 Å². The minimum atomic E-state index is -3.34.